The number of halogens is 3. The summed E-state index contributed by atoms with van der Waals surface area (Å²) in [5.74, 6) is -2.65. The molecule has 1 aromatic heterocycles. The number of amides is 1. The molecular formula is C16H19F3N2O4. The third-order valence-electron chi connectivity index (χ3n) is 4.33. The topological polar surface area (TPSA) is 74.0 Å². The van der Waals surface area contributed by atoms with E-state index in [-0.39, 0.29) is 5.91 Å². The highest BCUT2D eigenvalue weighted by Gasteiger charge is 2.44. The van der Waals surface area contributed by atoms with Crippen molar-refractivity contribution in [3.63, 3.8) is 0 Å². The van der Waals surface area contributed by atoms with Crippen LogP contribution in [-0.4, -0.2) is 64.7 Å². The summed E-state index contributed by atoms with van der Waals surface area (Å²) in [6, 6.07) is 2.62. The minimum atomic E-state index is -5.08. The molecule has 2 atom stereocenters. The van der Waals surface area contributed by atoms with E-state index in [1.54, 1.807) is 12.3 Å². The molecule has 0 bridgehead atoms. The molecule has 2 aliphatic rings. The van der Waals surface area contributed by atoms with Crippen LogP contribution >= 0.6 is 0 Å². The van der Waals surface area contributed by atoms with Crippen LogP contribution in [0.25, 0.3) is 0 Å². The van der Waals surface area contributed by atoms with Crippen molar-refractivity contribution in [2.24, 2.45) is 0 Å². The Kier molecular flexibility index (Phi) is 5.89. The number of fused-ring (bicyclic) bond motifs is 1. The first-order valence-electron chi connectivity index (χ1n) is 7.74. The van der Waals surface area contributed by atoms with Gasteiger partial charge in [-0.25, -0.2) is 4.79 Å². The van der Waals surface area contributed by atoms with Crippen LogP contribution in [0.3, 0.4) is 0 Å². The molecule has 0 spiro atoms. The third-order valence-corrected chi connectivity index (χ3v) is 4.33. The van der Waals surface area contributed by atoms with Gasteiger partial charge in [-0.2, -0.15) is 13.2 Å². The number of rotatable bonds is 3. The van der Waals surface area contributed by atoms with Gasteiger partial charge in [-0.3, -0.25) is 9.69 Å². The summed E-state index contributed by atoms with van der Waals surface area (Å²) in [7, 11) is 0. The van der Waals surface area contributed by atoms with E-state index in [0.29, 0.717) is 17.6 Å². The Morgan fingerprint density at radius 3 is 2.48 bits per heavy atom. The fourth-order valence-corrected chi connectivity index (χ4v) is 3.27. The van der Waals surface area contributed by atoms with Gasteiger partial charge in [0, 0.05) is 31.7 Å². The molecule has 2 fully saturated rings. The van der Waals surface area contributed by atoms with Crippen molar-refractivity contribution in [2.75, 3.05) is 19.6 Å². The summed E-state index contributed by atoms with van der Waals surface area (Å²) < 4.78 is 36.7. The molecule has 1 N–H and O–H groups in total. The van der Waals surface area contributed by atoms with Gasteiger partial charge in [-0.05, 0) is 18.9 Å². The molecule has 1 aromatic rings. The maximum Gasteiger partial charge on any atom is 0.490 e. The average molecular weight is 360 g/mol. The monoisotopic (exact) mass is 360 g/mol. The quantitative estimate of drug-likeness (QED) is 0.838. The van der Waals surface area contributed by atoms with Gasteiger partial charge >= 0.3 is 12.1 Å². The van der Waals surface area contributed by atoms with Crippen molar-refractivity contribution in [2.45, 2.75) is 31.1 Å². The normalized spacial score (nSPS) is 22.9. The summed E-state index contributed by atoms with van der Waals surface area (Å²) in [4.78, 5) is 25.7. The largest absolute Gasteiger partial charge is 0.490 e. The number of alkyl halides is 3. The predicted octanol–water partition coefficient (Wildman–Crippen LogP) is 2.39. The standard InChI is InChI=1S/C14H18N2O2.C2HF3O2/c1-2-6-15-7-3-13-12(15)4-8-16(13)14(17)11-5-9-18-10-11;3-2(4,5)1(6)7/h2,5,9-10,12-13H,1,3-4,6-8H2;(H,6,7)/t12-,13+;/m0./s1. The Labute approximate surface area is 142 Å². The molecule has 25 heavy (non-hydrogen) atoms. The fraction of sp³-hybridized carbons (Fsp3) is 0.500. The number of carbonyl (C=O) groups is 2. The molecule has 138 valence electrons. The second-order valence-corrected chi connectivity index (χ2v) is 5.81. The number of likely N-dealkylation sites (tertiary alicyclic amines) is 2. The van der Waals surface area contributed by atoms with Gasteiger partial charge in [0.1, 0.15) is 6.26 Å². The molecule has 0 radical (unpaired) electrons. The molecular weight excluding hydrogens is 341 g/mol. The lowest BCUT2D eigenvalue weighted by molar-refractivity contribution is -0.192. The lowest BCUT2D eigenvalue weighted by Crippen LogP contribution is -2.39. The van der Waals surface area contributed by atoms with Crippen molar-refractivity contribution in [3.05, 3.63) is 36.8 Å². The number of hydrogen-bond donors (Lipinski definition) is 1. The Hall–Kier alpha value is -2.29. The summed E-state index contributed by atoms with van der Waals surface area (Å²) in [5.41, 5.74) is 0.665. The van der Waals surface area contributed by atoms with Crippen LogP contribution in [0, 0.1) is 0 Å². The smallest absolute Gasteiger partial charge is 0.475 e. The zero-order valence-corrected chi connectivity index (χ0v) is 13.4. The number of furan rings is 1. The zero-order chi connectivity index (χ0) is 18.6. The van der Waals surface area contributed by atoms with E-state index in [0.717, 1.165) is 32.5 Å². The molecule has 3 rings (SSSR count). The SMILES string of the molecule is C=CCN1CC[C@@H]2[C@@H]1CCN2C(=O)c1ccoc1.O=C(O)C(F)(F)F. The van der Waals surface area contributed by atoms with Gasteiger partial charge in [-0.15, -0.1) is 6.58 Å². The first kappa shape index (κ1) is 19.0. The maximum atomic E-state index is 12.3. The predicted molar refractivity (Wildman–Crippen MR) is 82.0 cm³/mol. The van der Waals surface area contributed by atoms with E-state index in [1.807, 2.05) is 11.0 Å². The lowest BCUT2D eigenvalue weighted by Gasteiger charge is -2.24. The van der Waals surface area contributed by atoms with E-state index in [4.69, 9.17) is 14.3 Å². The zero-order valence-electron chi connectivity index (χ0n) is 13.4. The molecule has 3 heterocycles. The average Bonchev–Trinajstić information content (AvgIpc) is 3.25. The maximum absolute atomic E-state index is 12.3. The van der Waals surface area contributed by atoms with Gasteiger partial charge < -0.3 is 14.4 Å². The van der Waals surface area contributed by atoms with Crippen LogP contribution in [0.5, 0.6) is 0 Å². The molecule has 0 aromatic carbocycles. The van der Waals surface area contributed by atoms with E-state index in [9.17, 15) is 18.0 Å². The van der Waals surface area contributed by atoms with Crippen molar-refractivity contribution in [3.8, 4) is 0 Å². The molecule has 9 heteroatoms. The second kappa shape index (κ2) is 7.73. The van der Waals surface area contributed by atoms with E-state index >= 15 is 0 Å². The van der Waals surface area contributed by atoms with Gasteiger partial charge in [0.25, 0.3) is 5.91 Å². The summed E-state index contributed by atoms with van der Waals surface area (Å²) in [6.07, 6.45) is 2.10. The summed E-state index contributed by atoms with van der Waals surface area (Å²) in [5, 5.41) is 7.12. The second-order valence-electron chi connectivity index (χ2n) is 5.81. The Balaban J connectivity index is 0.000000277. The van der Waals surface area contributed by atoms with Gasteiger partial charge in [0.2, 0.25) is 0 Å². The van der Waals surface area contributed by atoms with E-state index < -0.39 is 12.1 Å². The number of carbonyl (C=O) groups excluding carboxylic acids is 1. The molecule has 2 aliphatic heterocycles. The van der Waals surface area contributed by atoms with E-state index in [2.05, 4.69) is 11.5 Å². The van der Waals surface area contributed by atoms with Crippen LogP contribution in [-0.2, 0) is 4.79 Å². The Morgan fingerprint density at radius 1 is 1.32 bits per heavy atom. The van der Waals surface area contributed by atoms with Gasteiger partial charge in [0.15, 0.2) is 0 Å². The number of carboxylic acid groups (broad SMARTS) is 1. The molecule has 6 nitrogen and oxygen atoms in total. The molecule has 1 amide bonds. The summed E-state index contributed by atoms with van der Waals surface area (Å²) >= 11 is 0. The van der Waals surface area contributed by atoms with Crippen molar-refractivity contribution in [1.82, 2.24) is 9.80 Å². The molecule has 0 aliphatic carbocycles. The highest BCUT2D eigenvalue weighted by Crippen LogP contribution is 2.32. The third kappa shape index (κ3) is 4.41. The van der Waals surface area contributed by atoms with Gasteiger partial charge in [-0.1, -0.05) is 6.08 Å². The Morgan fingerprint density at radius 2 is 1.96 bits per heavy atom. The van der Waals surface area contributed by atoms with Crippen LogP contribution in [0.15, 0.2) is 35.7 Å². The molecule has 0 saturated carbocycles. The lowest BCUT2D eigenvalue weighted by atomic mass is 10.1. The highest BCUT2D eigenvalue weighted by atomic mass is 19.4. The van der Waals surface area contributed by atoms with Crippen molar-refractivity contribution < 1.29 is 32.3 Å². The van der Waals surface area contributed by atoms with Crippen LogP contribution in [0.4, 0.5) is 13.2 Å². The number of nitrogens with zero attached hydrogens (tertiary/aromatic N) is 2. The minimum absolute atomic E-state index is 0.108. The van der Waals surface area contributed by atoms with Crippen molar-refractivity contribution in [1.29, 1.82) is 0 Å². The van der Waals surface area contributed by atoms with Gasteiger partial charge in [0.05, 0.1) is 11.8 Å². The first-order valence-corrected chi connectivity index (χ1v) is 7.74. The summed E-state index contributed by atoms with van der Waals surface area (Å²) in [6.45, 7) is 6.64. The number of carboxylic acids is 1. The number of hydrogen-bond acceptors (Lipinski definition) is 4. The minimum Gasteiger partial charge on any atom is -0.475 e. The van der Waals surface area contributed by atoms with Crippen molar-refractivity contribution >= 4 is 11.9 Å². The Bertz CT molecular complexity index is 615. The van der Waals surface area contributed by atoms with Crippen LogP contribution in [0.2, 0.25) is 0 Å². The van der Waals surface area contributed by atoms with E-state index in [1.165, 1.54) is 6.26 Å². The first-order chi connectivity index (χ1) is 11.8. The molecule has 0 unspecified atom stereocenters. The highest BCUT2D eigenvalue weighted by molar-refractivity contribution is 5.94. The van der Waals surface area contributed by atoms with Crippen LogP contribution in [0.1, 0.15) is 23.2 Å². The van der Waals surface area contributed by atoms with Crippen LogP contribution < -0.4 is 0 Å². The molecule has 2 saturated heterocycles. The fourth-order valence-electron chi connectivity index (χ4n) is 3.27. The number of aliphatic carboxylic acids is 1.